The van der Waals surface area contributed by atoms with Crippen molar-refractivity contribution >= 4 is 5.91 Å². The summed E-state index contributed by atoms with van der Waals surface area (Å²) in [4.78, 5) is 15.0. The zero-order chi connectivity index (χ0) is 21.0. The van der Waals surface area contributed by atoms with Crippen LogP contribution >= 0.6 is 0 Å². The van der Waals surface area contributed by atoms with Crippen molar-refractivity contribution in [2.45, 2.75) is 64.5 Å². The third-order valence-corrected chi connectivity index (χ3v) is 6.57. The monoisotopic (exact) mass is 402 g/mol. The zero-order valence-electron chi connectivity index (χ0n) is 18.1. The lowest BCUT2D eigenvalue weighted by Crippen LogP contribution is -2.50. The van der Waals surface area contributed by atoms with E-state index in [0.29, 0.717) is 31.5 Å². The first-order chi connectivity index (χ1) is 13.6. The number of carbonyl (C=O) groups excluding carboxylic acids is 1. The highest BCUT2D eigenvalue weighted by molar-refractivity contribution is 5.83. The van der Waals surface area contributed by atoms with Gasteiger partial charge in [0.1, 0.15) is 5.75 Å². The lowest BCUT2D eigenvalue weighted by Gasteiger charge is -2.39. The van der Waals surface area contributed by atoms with Crippen LogP contribution in [0.25, 0.3) is 0 Å². The predicted octanol–water partition coefficient (Wildman–Crippen LogP) is 2.72. The topological polar surface area (TPSA) is 71.0 Å². The van der Waals surface area contributed by atoms with E-state index in [1.165, 1.54) is 5.56 Å². The van der Waals surface area contributed by atoms with Crippen molar-refractivity contribution in [1.82, 2.24) is 10.2 Å². The minimum absolute atomic E-state index is 0.0439. The first kappa shape index (κ1) is 20.6. The molecule has 2 fully saturated rings. The number of aliphatic hydroxyl groups is 1. The molecule has 1 amide bonds. The van der Waals surface area contributed by atoms with Crippen LogP contribution in [-0.4, -0.2) is 53.2 Å². The number of fused-ring (bicyclic) bond motifs is 2. The van der Waals surface area contributed by atoms with Gasteiger partial charge in [-0.2, -0.15) is 0 Å². The number of benzene rings is 1. The maximum absolute atomic E-state index is 13.0. The van der Waals surface area contributed by atoms with Gasteiger partial charge in [0.2, 0.25) is 12.3 Å². The van der Waals surface area contributed by atoms with Crippen LogP contribution in [-0.2, 0) is 9.53 Å². The van der Waals surface area contributed by atoms with Gasteiger partial charge in [0.05, 0.1) is 12.2 Å². The Morgan fingerprint density at radius 3 is 2.52 bits per heavy atom. The van der Waals surface area contributed by atoms with Crippen molar-refractivity contribution in [2.24, 2.45) is 17.8 Å². The number of nitrogens with one attached hydrogen (secondary N) is 1. The Hall–Kier alpha value is -1.63. The SMILES string of the molecule is CC(C)(C)OC(O)N1CC2C(C(=O)NC(C)(C)C3CCOc4ccccc43)[C@@H]2C1. The Morgan fingerprint density at radius 1 is 1.21 bits per heavy atom. The standard InChI is InChI=1S/C23H34N2O4/c1-22(2,3)29-21(27)25-12-15-16(13-25)19(15)20(26)24-23(4,5)17-10-11-28-18-9-7-6-8-14(17)18/h6-9,15-17,19,21,27H,10-13H2,1-5H3,(H,24,26)/t15-,16?,17?,19?,21?/m1/s1. The molecule has 1 aliphatic carbocycles. The number of hydrogen-bond donors (Lipinski definition) is 2. The van der Waals surface area contributed by atoms with E-state index in [4.69, 9.17) is 9.47 Å². The average Bonchev–Trinajstić information content (AvgIpc) is 3.13. The lowest BCUT2D eigenvalue weighted by atomic mass is 9.78. The predicted molar refractivity (Wildman–Crippen MR) is 110 cm³/mol. The molecule has 0 radical (unpaired) electrons. The molecule has 4 rings (SSSR count). The molecular weight excluding hydrogens is 368 g/mol. The van der Waals surface area contributed by atoms with Crippen LogP contribution in [0.15, 0.2) is 24.3 Å². The molecule has 0 spiro atoms. The Morgan fingerprint density at radius 2 is 1.86 bits per heavy atom. The molecule has 1 aromatic rings. The van der Waals surface area contributed by atoms with Gasteiger partial charge >= 0.3 is 0 Å². The molecule has 3 aliphatic rings. The molecule has 0 bridgehead atoms. The van der Waals surface area contributed by atoms with E-state index in [9.17, 15) is 9.90 Å². The van der Waals surface area contributed by atoms with Gasteiger partial charge in [-0.25, -0.2) is 0 Å². The summed E-state index contributed by atoms with van der Waals surface area (Å²) in [6.45, 7) is 12.1. The summed E-state index contributed by atoms with van der Waals surface area (Å²) in [5, 5.41) is 13.6. The second-order valence-electron chi connectivity index (χ2n) is 10.3. The van der Waals surface area contributed by atoms with Crippen LogP contribution < -0.4 is 10.1 Å². The molecule has 2 N–H and O–H groups in total. The summed E-state index contributed by atoms with van der Waals surface area (Å²) >= 11 is 0. The Kier molecular flexibility index (Phi) is 5.16. The van der Waals surface area contributed by atoms with Gasteiger partial charge in [0.25, 0.3) is 0 Å². The fourth-order valence-corrected chi connectivity index (χ4v) is 5.10. The van der Waals surface area contributed by atoms with E-state index in [2.05, 4.69) is 25.2 Å². The molecule has 1 aromatic carbocycles. The van der Waals surface area contributed by atoms with E-state index in [0.717, 1.165) is 12.2 Å². The maximum atomic E-state index is 13.0. The normalized spacial score (nSPS) is 30.1. The molecule has 160 valence electrons. The van der Waals surface area contributed by atoms with Crippen molar-refractivity contribution in [2.75, 3.05) is 19.7 Å². The number of piperidine rings is 1. The summed E-state index contributed by atoms with van der Waals surface area (Å²) in [5.41, 5.74) is 0.434. The van der Waals surface area contributed by atoms with Gasteiger partial charge in [-0.3, -0.25) is 9.69 Å². The van der Waals surface area contributed by atoms with Crippen LogP contribution in [0.3, 0.4) is 0 Å². The molecule has 2 aliphatic heterocycles. The summed E-state index contributed by atoms with van der Waals surface area (Å²) in [5.74, 6) is 1.96. The second kappa shape index (κ2) is 7.25. The summed E-state index contributed by atoms with van der Waals surface area (Å²) in [6.07, 6.45) is -0.00644. The van der Waals surface area contributed by atoms with E-state index in [-0.39, 0.29) is 23.3 Å². The van der Waals surface area contributed by atoms with Crippen LogP contribution in [0.5, 0.6) is 5.75 Å². The van der Waals surface area contributed by atoms with Gasteiger partial charge in [0, 0.05) is 30.5 Å². The van der Waals surface area contributed by atoms with E-state index in [1.807, 2.05) is 43.9 Å². The van der Waals surface area contributed by atoms with Crippen molar-refractivity contribution < 1.29 is 19.4 Å². The van der Waals surface area contributed by atoms with Crippen LogP contribution in [0, 0.1) is 17.8 Å². The second-order valence-corrected chi connectivity index (χ2v) is 10.3. The third-order valence-electron chi connectivity index (χ3n) is 6.57. The maximum Gasteiger partial charge on any atom is 0.224 e. The number of carbonyl (C=O) groups is 1. The molecule has 6 heteroatoms. The summed E-state index contributed by atoms with van der Waals surface area (Å²) in [6, 6.07) is 8.13. The van der Waals surface area contributed by atoms with Gasteiger partial charge in [-0.15, -0.1) is 0 Å². The molecule has 0 aromatic heterocycles. The molecule has 4 unspecified atom stereocenters. The van der Waals surface area contributed by atoms with E-state index in [1.54, 1.807) is 0 Å². The summed E-state index contributed by atoms with van der Waals surface area (Å²) < 4.78 is 11.4. The quantitative estimate of drug-likeness (QED) is 0.741. The average molecular weight is 403 g/mol. The highest BCUT2D eigenvalue weighted by Crippen LogP contribution is 2.53. The highest BCUT2D eigenvalue weighted by atomic mass is 16.6. The Bertz CT molecular complexity index is 760. The Balaban J connectivity index is 1.35. The molecule has 6 nitrogen and oxygen atoms in total. The van der Waals surface area contributed by atoms with Crippen LogP contribution in [0.2, 0.25) is 0 Å². The number of likely N-dealkylation sites (tertiary alicyclic amines) is 1. The number of para-hydroxylation sites is 1. The number of amides is 1. The number of rotatable bonds is 5. The van der Waals surface area contributed by atoms with E-state index < -0.39 is 12.0 Å². The summed E-state index contributed by atoms with van der Waals surface area (Å²) in [7, 11) is 0. The lowest BCUT2D eigenvalue weighted by molar-refractivity contribution is -0.236. The van der Waals surface area contributed by atoms with E-state index >= 15 is 0 Å². The van der Waals surface area contributed by atoms with Gasteiger partial charge < -0.3 is 19.9 Å². The van der Waals surface area contributed by atoms with Crippen molar-refractivity contribution in [1.29, 1.82) is 0 Å². The highest BCUT2D eigenvalue weighted by Gasteiger charge is 2.61. The number of hydrogen-bond acceptors (Lipinski definition) is 5. The van der Waals surface area contributed by atoms with Crippen molar-refractivity contribution in [3.63, 3.8) is 0 Å². The molecule has 1 saturated heterocycles. The zero-order valence-corrected chi connectivity index (χ0v) is 18.1. The first-order valence-electron chi connectivity index (χ1n) is 10.7. The third kappa shape index (κ3) is 4.16. The first-order valence-corrected chi connectivity index (χ1v) is 10.7. The minimum atomic E-state index is -0.901. The largest absolute Gasteiger partial charge is 0.493 e. The molecule has 29 heavy (non-hydrogen) atoms. The molecule has 5 atom stereocenters. The number of aliphatic hydroxyl groups excluding tert-OH is 1. The fourth-order valence-electron chi connectivity index (χ4n) is 5.10. The van der Waals surface area contributed by atoms with Gasteiger partial charge in [-0.05, 0) is 64.5 Å². The molecular formula is C23H34N2O4. The number of nitrogens with zero attached hydrogens (tertiary/aromatic N) is 1. The number of ether oxygens (including phenoxy) is 2. The van der Waals surface area contributed by atoms with Gasteiger partial charge in [0.15, 0.2) is 0 Å². The van der Waals surface area contributed by atoms with Crippen molar-refractivity contribution in [3.8, 4) is 5.75 Å². The van der Waals surface area contributed by atoms with Gasteiger partial charge in [-0.1, -0.05) is 18.2 Å². The molecule has 1 saturated carbocycles. The van der Waals surface area contributed by atoms with Crippen molar-refractivity contribution in [3.05, 3.63) is 29.8 Å². The molecule has 2 heterocycles. The fraction of sp³-hybridized carbons (Fsp3) is 0.696. The minimum Gasteiger partial charge on any atom is -0.493 e. The Labute approximate surface area is 173 Å². The smallest absolute Gasteiger partial charge is 0.224 e. The van der Waals surface area contributed by atoms with Crippen LogP contribution in [0.4, 0.5) is 0 Å². The van der Waals surface area contributed by atoms with Crippen LogP contribution in [0.1, 0.15) is 52.5 Å².